The van der Waals surface area contributed by atoms with Crippen molar-refractivity contribution in [3.63, 3.8) is 0 Å². The van der Waals surface area contributed by atoms with E-state index in [2.05, 4.69) is 47.9 Å². The molecule has 1 saturated carbocycles. The zero-order valence-electron chi connectivity index (χ0n) is 22.1. The molecule has 3 aromatic heterocycles. The Bertz CT molecular complexity index is 1890. The van der Waals surface area contributed by atoms with Crippen LogP contribution in [0.4, 0.5) is 0 Å². The van der Waals surface area contributed by atoms with E-state index >= 15 is 0 Å². The predicted molar refractivity (Wildman–Crippen MR) is 152 cm³/mol. The molecule has 0 saturated heterocycles. The van der Waals surface area contributed by atoms with Gasteiger partial charge in [-0.1, -0.05) is 42.3 Å². The number of hydrogen-bond donors (Lipinski definition) is 1. The first-order chi connectivity index (χ1) is 18.5. The Labute approximate surface area is 241 Å². The van der Waals surface area contributed by atoms with Crippen LogP contribution in [0.1, 0.15) is 47.6 Å². The number of hydrogen-bond acceptors (Lipinski definition) is 4. The van der Waals surface area contributed by atoms with E-state index in [1.54, 1.807) is 0 Å². The summed E-state index contributed by atoms with van der Waals surface area (Å²) in [5, 5.41) is 14.1. The van der Waals surface area contributed by atoms with Gasteiger partial charge in [0.2, 0.25) is 5.88 Å². The second-order valence-corrected chi connectivity index (χ2v) is 10.5. The van der Waals surface area contributed by atoms with E-state index in [4.69, 9.17) is 14.7 Å². The minimum absolute atomic E-state index is 0. The number of aromatic nitrogens is 3. The molecule has 1 aliphatic rings. The molecule has 1 aliphatic carbocycles. The summed E-state index contributed by atoms with van der Waals surface area (Å²) in [6.45, 7) is 6.00. The summed E-state index contributed by atoms with van der Waals surface area (Å²) in [5.41, 5.74) is 6.73. The Morgan fingerprint density at radius 1 is 0.897 bits per heavy atom. The first-order valence-corrected chi connectivity index (χ1v) is 13.2. The molecule has 3 heterocycles. The number of rotatable bonds is 4. The fourth-order valence-corrected chi connectivity index (χ4v) is 5.58. The number of benzene rings is 3. The molecule has 5 nitrogen and oxygen atoms in total. The topological polar surface area (TPSA) is 60.2 Å². The monoisotopic (exact) mass is 693 g/mol. The van der Waals surface area contributed by atoms with Crippen molar-refractivity contribution in [3.8, 4) is 23.2 Å². The van der Waals surface area contributed by atoms with Gasteiger partial charge in [0.05, 0.1) is 0 Å². The van der Waals surface area contributed by atoms with Gasteiger partial charge >= 0.3 is 0 Å². The zero-order valence-corrected chi connectivity index (χ0v) is 24.3. The van der Waals surface area contributed by atoms with E-state index < -0.39 is 0 Å². The molecule has 0 amide bonds. The molecule has 7 rings (SSSR count). The molecule has 3 aromatic carbocycles. The van der Waals surface area contributed by atoms with E-state index in [1.165, 1.54) is 17.5 Å². The minimum atomic E-state index is 0. The second kappa shape index (κ2) is 9.80. The summed E-state index contributed by atoms with van der Waals surface area (Å²) < 4.78 is 8.52. The van der Waals surface area contributed by atoms with Gasteiger partial charge in [-0.3, -0.25) is 0 Å². The quantitative estimate of drug-likeness (QED) is 0.189. The maximum atomic E-state index is 10.8. The first kappa shape index (κ1) is 25.6. The SMILES string of the molecule is Cc1ccc2c3ccc(Oc4cc(C5CCC5)c5ccc(C)c(O)c5n4)[c-]c3n(-c3cccc(C)n3)c2c1.[Pt]. The van der Waals surface area contributed by atoms with Crippen LogP contribution in [0.3, 0.4) is 0 Å². The van der Waals surface area contributed by atoms with Crippen molar-refractivity contribution in [2.75, 3.05) is 0 Å². The van der Waals surface area contributed by atoms with Gasteiger partial charge in [-0.2, -0.15) is 6.07 Å². The predicted octanol–water partition coefficient (Wildman–Crippen LogP) is 8.22. The Kier molecular flexibility index (Phi) is 6.43. The Morgan fingerprint density at radius 3 is 2.46 bits per heavy atom. The summed E-state index contributed by atoms with van der Waals surface area (Å²) in [6, 6.07) is 26.2. The van der Waals surface area contributed by atoms with Crippen LogP contribution in [0.2, 0.25) is 0 Å². The number of phenols is 1. The van der Waals surface area contributed by atoms with Crippen molar-refractivity contribution in [1.82, 2.24) is 14.5 Å². The van der Waals surface area contributed by atoms with Gasteiger partial charge in [0.1, 0.15) is 17.1 Å². The van der Waals surface area contributed by atoms with Crippen molar-refractivity contribution in [1.29, 1.82) is 0 Å². The van der Waals surface area contributed by atoms with Crippen molar-refractivity contribution in [2.45, 2.75) is 46.0 Å². The number of aryl methyl sites for hydroxylation is 3. The van der Waals surface area contributed by atoms with Crippen LogP contribution in [0.15, 0.2) is 66.7 Å². The summed E-state index contributed by atoms with van der Waals surface area (Å²) in [7, 11) is 0. The fourth-order valence-electron chi connectivity index (χ4n) is 5.58. The maximum absolute atomic E-state index is 10.8. The average molecular weight is 694 g/mol. The van der Waals surface area contributed by atoms with Gasteiger partial charge in [0, 0.05) is 49.5 Å². The molecule has 0 bridgehead atoms. The Balaban J connectivity index is 0.00000277. The third-order valence-electron chi connectivity index (χ3n) is 7.83. The molecule has 6 aromatic rings. The average Bonchev–Trinajstić information content (AvgIpc) is 3.18. The van der Waals surface area contributed by atoms with Crippen LogP contribution in [0, 0.1) is 26.8 Å². The molecule has 0 spiro atoms. The number of aromatic hydroxyl groups is 1. The molecular weight excluding hydrogens is 665 g/mol. The van der Waals surface area contributed by atoms with Crippen LogP contribution in [-0.4, -0.2) is 19.6 Å². The third-order valence-corrected chi connectivity index (χ3v) is 7.83. The molecule has 0 atom stereocenters. The normalized spacial score (nSPS) is 13.5. The van der Waals surface area contributed by atoms with E-state index in [1.807, 2.05) is 50.2 Å². The number of ether oxygens (including phenoxy) is 1. The van der Waals surface area contributed by atoms with Crippen molar-refractivity contribution >= 4 is 32.7 Å². The molecule has 198 valence electrons. The van der Waals surface area contributed by atoms with Crippen LogP contribution < -0.4 is 4.74 Å². The maximum Gasteiger partial charge on any atom is 0.217 e. The molecule has 1 fully saturated rings. The smallest absolute Gasteiger partial charge is 0.217 e. The summed E-state index contributed by atoms with van der Waals surface area (Å²) in [4.78, 5) is 9.57. The third kappa shape index (κ3) is 4.30. The van der Waals surface area contributed by atoms with E-state index in [0.717, 1.165) is 57.1 Å². The minimum Gasteiger partial charge on any atom is -0.505 e. The summed E-state index contributed by atoms with van der Waals surface area (Å²) in [5.74, 6) is 2.58. The molecule has 1 N–H and O–H groups in total. The van der Waals surface area contributed by atoms with Crippen molar-refractivity contribution in [2.24, 2.45) is 0 Å². The van der Waals surface area contributed by atoms with Crippen LogP contribution in [-0.2, 0) is 21.1 Å². The van der Waals surface area contributed by atoms with E-state index in [-0.39, 0.29) is 26.8 Å². The van der Waals surface area contributed by atoms with E-state index in [9.17, 15) is 5.11 Å². The zero-order chi connectivity index (χ0) is 26.0. The Hall–Kier alpha value is -3.69. The molecule has 0 radical (unpaired) electrons. The molecule has 6 heteroatoms. The van der Waals surface area contributed by atoms with Gasteiger partial charge in [-0.25, -0.2) is 9.97 Å². The summed E-state index contributed by atoms with van der Waals surface area (Å²) >= 11 is 0. The molecule has 39 heavy (non-hydrogen) atoms. The Morgan fingerprint density at radius 2 is 1.69 bits per heavy atom. The number of phenolic OH excluding ortho intramolecular Hbond substituents is 1. The van der Waals surface area contributed by atoms with Crippen molar-refractivity contribution in [3.05, 3.63) is 95.2 Å². The first-order valence-electron chi connectivity index (χ1n) is 13.2. The van der Waals surface area contributed by atoms with Gasteiger partial charge in [0.25, 0.3) is 0 Å². The van der Waals surface area contributed by atoms with Gasteiger partial charge < -0.3 is 14.4 Å². The van der Waals surface area contributed by atoms with Gasteiger partial charge in [-0.15, -0.1) is 17.5 Å². The van der Waals surface area contributed by atoms with Crippen LogP contribution >= 0.6 is 0 Å². The van der Waals surface area contributed by atoms with Gasteiger partial charge in [0.15, 0.2) is 0 Å². The number of nitrogens with zero attached hydrogens (tertiary/aromatic N) is 3. The largest absolute Gasteiger partial charge is 0.505 e. The fraction of sp³-hybridized carbons (Fsp3) is 0.212. The molecule has 0 aliphatic heterocycles. The molecular formula is C33H28N3O2Pt-. The van der Waals surface area contributed by atoms with E-state index in [0.29, 0.717) is 23.1 Å². The van der Waals surface area contributed by atoms with Crippen LogP contribution in [0.25, 0.3) is 38.5 Å². The number of pyridine rings is 2. The van der Waals surface area contributed by atoms with Crippen LogP contribution in [0.5, 0.6) is 17.4 Å². The van der Waals surface area contributed by atoms with Crippen molar-refractivity contribution < 1.29 is 30.9 Å². The molecule has 0 unspecified atom stereocenters. The standard InChI is InChI=1S/C33H28N3O2.Pt/c1-19-10-13-24-25-15-12-23(17-29(25)36(28(24)16-19)30-9-4-6-21(3)34-30)38-31-18-27(22-7-5-8-22)26-14-11-20(2)33(37)32(26)35-31;/h4,6,9-16,18,22,37H,5,7-8H2,1-3H3;/q-1;. The second-order valence-electron chi connectivity index (χ2n) is 10.5. The number of fused-ring (bicyclic) bond motifs is 4. The summed E-state index contributed by atoms with van der Waals surface area (Å²) in [6.07, 6.45) is 3.52. The van der Waals surface area contributed by atoms with Gasteiger partial charge in [-0.05, 0) is 79.8 Å².